The van der Waals surface area contributed by atoms with Gasteiger partial charge in [-0.1, -0.05) is 25.1 Å². The molecule has 0 unspecified atom stereocenters. The van der Waals surface area contributed by atoms with Crippen molar-refractivity contribution >= 4 is 5.78 Å². The molecule has 0 saturated carbocycles. The molecule has 0 aliphatic carbocycles. The van der Waals surface area contributed by atoms with Crippen LogP contribution in [-0.4, -0.2) is 12.4 Å². The summed E-state index contributed by atoms with van der Waals surface area (Å²) < 4.78 is 31.9. The van der Waals surface area contributed by atoms with Crippen LogP contribution < -0.4 is 4.74 Å². The monoisotopic (exact) mass is 290 g/mol. The number of halogens is 2. The number of rotatable bonds is 6. The van der Waals surface area contributed by atoms with Crippen molar-refractivity contribution in [3.63, 3.8) is 0 Å². The second-order valence-electron chi connectivity index (χ2n) is 4.71. The van der Waals surface area contributed by atoms with Crippen molar-refractivity contribution in [2.45, 2.75) is 19.8 Å². The van der Waals surface area contributed by atoms with Crippen LogP contribution in [0.5, 0.6) is 5.75 Å². The van der Waals surface area contributed by atoms with Crippen molar-refractivity contribution in [3.8, 4) is 5.75 Å². The first-order chi connectivity index (χ1) is 10.1. The fourth-order valence-electron chi connectivity index (χ4n) is 1.92. The zero-order valence-electron chi connectivity index (χ0n) is 11.7. The Kier molecular flexibility index (Phi) is 5.04. The minimum atomic E-state index is -0.707. The number of Topliss-reactive ketones (excluding diaryl/α,β-unsaturated/α-hetero) is 1. The molecular weight excluding hydrogens is 274 g/mol. The van der Waals surface area contributed by atoms with Crippen LogP contribution in [0.3, 0.4) is 0 Å². The van der Waals surface area contributed by atoms with Crippen LogP contribution in [0, 0.1) is 11.6 Å². The Hall–Kier alpha value is -2.23. The Morgan fingerprint density at radius 1 is 1.14 bits per heavy atom. The lowest BCUT2D eigenvalue weighted by Gasteiger charge is -2.07. The third kappa shape index (κ3) is 4.12. The lowest BCUT2D eigenvalue weighted by atomic mass is 10.0. The quantitative estimate of drug-likeness (QED) is 0.746. The van der Waals surface area contributed by atoms with Gasteiger partial charge in [-0.3, -0.25) is 4.79 Å². The maximum absolute atomic E-state index is 13.6. The number of ether oxygens (including phenoxy) is 1. The summed E-state index contributed by atoms with van der Waals surface area (Å²) in [4.78, 5) is 12.2. The molecule has 0 amide bonds. The van der Waals surface area contributed by atoms with E-state index >= 15 is 0 Å². The Balaban J connectivity index is 2.12. The highest BCUT2D eigenvalue weighted by molar-refractivity contribution is 5.97. The van der Waals surface area contributed by atoms with Gasteiger partial charge >= 0.3 is 0 Å². The van der Waals surface area contributed by atoms with Crippen LogP contribution in [0.1, 0.15) is 29.3 Å². The molecule has 0 atom stereocenters. The highest BCUT2D eigenvalue weighted by Gasteiger charge is 2.12. The maximum atomic E-state index is 13.6. The summed E-state index contributed by atoms with van der Waals surface area (Å²) in [5, 5.41) is 0. The van der Waals surface area contributed by atoms with Gasteiger partial charge in [0.2, 0.25) is 0 Å². The van der Waals surface area contributed by atoms with Crippen LogP contribution >= 0.6 is 0 Å². The molecule has 2 nitrogen and oxygen atoms in total. The van der Waals surface area contributed by atoms with Gasteiger partial charge in [-0.15, -0.1) is 0 Å². The molecular formula is C17H16F2O2. The predicted molar refractivity (Wildman–Crippen MR) is 76.6 cm³/mol. The molecule has 0 bridgehead atoms. The summed E-state index contributed by atoms with van der Waals surface area (Å²) in [7, 11) is 0. The van der Waals surface area contributed by atoms with Crippen LogP contribution in [0.15, 0.2) is 42.5 Å². The molecule has 0 aliphatic heterocycles. The molecule has 0 aromatic heterocycles. The Morgan fingerprint density at radius 3 is 2.67 bits per heavy atom. The number of carbonyl (C=O) groups excluding carboxylic acids is 1. The molecule has 0 N–H and O–H groups in total. The van der Waals surface area contributed by atoms with Gasteiger partial charge in [0, 0.05) is 18.1 Å². The van der Waals surface area contributed by atoms with Gasteiger partial charge in [-0.2, -0.15) is 0 Å². The topological polar surface area (TPSA) is 26.3 Å². The highest BCUT2D eigenvalue weighted by Crippen LogP contribution is 2.17. The molecule has 0 aliphatic rings. The zero-order valence-corrected chi connectivity index (χ0v) is 11.7. The molecule has 0 spiro atoms. The summed E-state index contributed by atoms with van der Waals surface area (Å²) in [6.07, 6.45) is 0.766. The molecule has 0 fully saturated rings. The van der Waals surface area contributed by atoms with E-state index in [1.807, 2.05) is 6.92 Å². The van der Waals surface area contributed by atoms with E-state index in [0.29, 0.717) is 17.9 Å². The van der Waals surface area contributed by atoms with Crippen molar-refractivity contribution < 1.29 is 18.3 Å². The second kappa shape index (κ2) is 6.97. The Labute approximate surface area is 122 Å². The van der Waals surface area contributed by atoms with E-state index in [1.54, 1.807) is 24.3 Å². The Morgan fingerprint density at radius 2 is 1.95 bits per heavy atom. The van der Waals surface area contributed by atoms with Gasteiger partial charge < -0.3 is 4.74 Å². The van der Waals surface area contributed by atoms with E-state index in [2.05, 4.69) is 0 Å². The van der Waals surface area contributed by atoms with Crippen LogP contribution in [0.2, 0.25) is 0 Å². The average Bonchev–Trinajstić information content (AvgIpc) is 2.48. The molecule has 0 saturated heterocycles. The van der Waals surface area contributed by atoms with E-state index in [9.17, 15) is 13.6 Å². The molecule has 2 rings (SSSR count). The Bertz CT molecular complexity index is 638. The van der Waals surface area contributed by atoms with E-state index in [4.69, 9.17) is 4.74 Å². The summed E-state index contributed by atoms with van der Waals surface area (Å²) in [5.74, 6) is -0.981. The minimum Gasteiger partial charge on any atom is -0.494 e. The van der Waals surface area contributed by atoms with Crippen molar-refractivity contribution in [2.24, 2.45) is 0 Å². The van der Waals surface area contributed by atoms with Gasteiger partial charge in [-0.05, 0) is 30.2 Å². The highest BCUT2D eigenvalue weighted by atomic mass is 19.1. The normalized spacial score (nSPS) is 10.4. The summed E-state index contributed by atoms with van der Waals surface area (Å²) in [5.41, 5.74) is 0.633. The van der Waals surface area contributed by atoms with E-state index in [-0.39, 0.29) is 17.8 Å². The molecule has 110 valence electrons. The number of ketones is 1. The molecule has 4 heteroatoms. The number of carbonyl (C=O) groups is 1. The van der Waals surface area contributed by atoms with Crippen molar-refractivity contribution in [3.05, 3.63) is 65.2 Å². The third-order valence-electron chi connectivity index (χ3n) is 2.99. The zero-order chi connectivity index (χ0) is 15.2. The van der Waals surface area contributed by atoms with Crippen molar-refractivity contribution in [1.82, 2.24) is 0 Å². The standard InChI is InChI=1S/C17H16F2O2/c1-2-8-21-15-5-3-4-13(9-15)17(20)10-12-6-7-14(18)11-16(12)19/h3-7,9,11H,2,8,10H2,1H3. The first kappa shape index (κ1) is 15.2. The number of hydrogen-bond acceptors (Lipinski definition) is 2. The van der Waals surface area contributed by atoms with Crippen LogP contribution in [0.25, 0.3) is 0 Å². The van der Waals surface area contributed by atoms with E-state index in [0.717, 1.165) is 18.6 Å². The third-order valence-corrected chi connectivity index (χ3v) is 2.99. The largest absolute Gasteiger partial charge is 0.494 e. The first-order valence-electron chi connectivity index (χ1n) is 6.80. The molecule has 2 aromatic rings. The first-order valence-corrected chi connectivity index (χ1v) is 6.80. The lowest BCUT2D eigenvalue weighted by Crippen LogP contribution is -2.06. The van der Waals surface area contributed by atoms with Crippen LogP contribution in [0.4, 0.5) is 8.78 Å². The van der Waals surface area contributed by atoms with E-state index in [1.165, 1.54) is 6.07 Å². The number of hydrogen-bond donors (Lipinski definition) is 0. The molecule has 0 radical (unpaired) electrons. The smallest absolute Gasteiger partial charge is 0.167 e. The van der Waals surface area contributed by atoms with Gasteiger partial charge in [0.1, 0.15) is 17.4 Å². The fourth-order valence-corrected chi connectivity index (χ4v) is 1.92. The van der Waals surface area contributed by atoms with Crippen molar-refractivity contribution in [1.29, 1.82) is 0 Å². The SMILES string of the molecule is CCCOc1cccc(C(=O)Cc2ccc(F)cc2F)c1. The second-order valence-corrected chi connectivity index (χ2v) is 4.71. The summed E-state index contributed by atoms with van der Waals surface area (Å²) in [6, 6.07) is 10.0. The minimum absolute atomic E-state index is 0.108. The van der Waals surface area contributed by atoms with Gasteiger partial charge in [0.05, 0.1) is 6.61 Å². The van der Waals surface area contributed by atoms with Gasteiger partial charge in [0.15, 0.2) is 5.78 Å². The molecule has 0 heterocycles. The summed E-state index contributed by atoms with van der Waals surface area (Å²) in [6.45, 7) is 2.57. The lowest BCUT2D eigenvalue weighted by molar-refractivity contribution is 0.0991. The van der Waals surface area contributed by atoms with E-state index < -0.39 is 11.6 Å². The van der Waals surface area contributed by atoms with Gasteiger partial charge in [-0.25, -0.2) is 8.78 Å². The summed E-state index contributed by atoms with van der Waals surface area (Å²) >= 11 is 0. The van der Waals surface area contributed by atoms with Crippen LogP contribution in [-0.2, 0) is 6.42 Å². The average molecular weight is 290 g/mol. The fraction of sp³-hybridized carbons (Fsp3) is 0.235. The van der Waals surface area contributed by atoms with Crippen molar-refractivity contribution in [2.75, 3.05) is 6.61 Å². The molecule has 2 aromatic carbocycles. The molecule has 21 heavy (non-hydrogen) atoms. The number of benzene rings is 2. The maximum Gasteiger partial charge on any atom is 0.167 e. The predicted octanol–water partition coefficient (Wildman–Crippen LogP) is 4.18. The van der Waals surface area contributed by atoms with Gasteiger partial charge in [0.25, 0.3) is 0 Å².